The molecule has 0 aliphatic carbocycles. The number of fused-ring (bicyclic) bond motifs is 7. The second-order valence-corrected chi connectivity index (χ2v) is 9.94. The Balaban J connectivity index is 1.20. The first kappa shape index (κ1) is 22.0. The molecule has 39 heavy (non-hydrogen) atoms. The molecule has 0 bridgehead atoms. The number of nitrogens with one attached hydrogen (secondary N) is 1. The van der Waals surface area contributed by atoms with Crippen molar-refractivity contribution in [2.45, 2.75) is 12.1 Å². The summed E-state index contributed by atoms with van der Waals surface area (Å²) in [6.45, 7) is 0.194. The van der Waals surface area contributed by atoms with Crippen LogP contribution in [0.15, 0.2) is 66.9 Å². The van der Waals surface area contributed by atoms with Crippen LogP contribution in [0.25, 0.3) is 6.08 Å². The zero-order chi connectivity index (χ0) is 26.2. The first-order chi connectivity index (χ1) is 19.1. The molecule has 5 heterocycles. The third kappa shape index (κ3) is 3.11. The fraction of sp³-hybridized carbons (Fsp3) is 0.207. The molecule has 10 nitrogen and oxygen atoms in total. The van der Waals surface area contributed by atoms with Crippen LogP contribution >= 0.6 is 0 Å². The van der Waals surface area contributed by atoms with E-state index in [9.17, 15) is 14.4 Å². The first-order valence-corrected chi connectivity index (χ1v) is 12.6. The van der Waals surface area contributed by atoms with Gasteiger partial charge in [0.25, 0.3) is 0 Å². The van der Waals surface area contributed by atoms with Crippen LogP contribution in [-0.4, -0.2) is 42.2 Å². The van der Waals surface area contributed by atoms with Gasteiger partial charge in [0.2, 0.25) is 31.3 Å². The molecule has 2 fully saturated rings. The Morgan fingerprint density at radius 3 is 2.31 bits per heavy atom. The fourth-order valence-electron chi connectivity index (χ4n) is 6.33. The number of benzene rings is 3. The molecule has 10 heteroatoms. The van der Waals surface area contributed by atoms with Crippen molar-refractivity contribution < 1.29 is 33.3 Å². The molecule has 8 rings (SSSR count). The lowest BCUT2D eigenvalue weighted by Gasteiger charge is -2.35. The normalized spacial score (nSPS) is 25.0. The molecule has 3 aromatic rings. The molecule has 1 N–H and O–H groups in total. The van der Waals surface area contributed by atoms with Gasteiger partial charge in [0, 0.05) is 24.0 Å². The maximum Gasteiger partial charge on any atom is 0.247 e. The highest BCUT2D eigenvalue weighted by atomic mass is 16.7. The molecule has 0 saturated carbocycles. The first-order valence-electron chi connectivity index (χ1n) is 12.6. The van der Waals surface area contributed by atoms with Gasteiger partial charge in [0.1, 0.15) is 6.04 Å². The van der Waals surface area contributed by atoms with Gasteiger partial charge < -0.3 is 29.2 Å². The van der Waals surface area contributed by atoms with Gasteiger partial charge in [-0.1, -0.05) is 24.3 Å². The predicted octanol–water partition coefficient (Wildman–Crippen LogP) is 3.30. The van der Waals surface area contributed by atoms with Crippen molar-refractivity contribution in [2.75, 3.05) is 23.8 Å². The lowest BCUT2D eigenvalue weighted by atomic mass is 9.84. The van der Waals surface area contributed by atoms with Crippen LogP contribution < -0.4 is 29.2 Å². The molecule has 0 unspecified atom stereocenters. The zero-order valence-corrected chi connectivity index (χ0v) is 20.4. The topological polar surface area (TPSA) is 107 Å². The highest BCUT2D eigenvalue weighted by molar-refractivity contribution is 6.24. The van der Waals surface area contributed by atoms with Gasteiger partial charge in [0.05, 0.1) is 23.6 Å². The number of carbonyl (C=O) groups is 3. The Kier molecular flexibility index (Phi) is 4.52. The van der Waals surface area contributed by atoms with E-state index < -0.39 is 29.8 Å². The standard InChI is InChI=1S/C29H21N3O7/c33-27(30-16-5-7-19-21(11-16)38-13-36-19)26-24-23(25-18-4-2-1-3-15(18)9-10-31(25)26)28(34)32(29(24)35)17-6-8-20-22(12-17)39-14-37-20/h1-12,23-26H,13-14H2,(H,30,33)/t23-,24-,25-,26+/m1/s1. The summed E-state index contributed by atoms with van der Waals surface area (Å²) >= 11 is 0. The number of hydrogen-bond acceptors (Lipinski definition) is 8. The Bertz CT molecular complexity index is 1620. The van der Waals surface area contributed by atoms with E-state index in [0.717, 1.165) is 11.1 Å². The fourth-order valence-corrected chi connectivity index (χ4v) is 6.33. The molecule has 3 aromatic carbocycles. The number of hydrogen-bond donors (Lipinski definition) is 1. The van der Waals surface area contributed by atoms with Crippen LogP contribution in [0.4, 0.5) is 11.4 Å². The highest BCUT2D eigenvalue weighted by Crippen LogP contribution is 2.53. The maximum absolute atomic E-state index is 14.0. The number of anilines is 2. The molecule has 0 aromatic heterocycles. The molecule has 5 aliphatic heterocycles. The molecular weight excluding hydrogens is 502 g/mol. The molecule has 4 atom stereocenters. The van der Waals surface area contributed by atoms with Gasteiger partial charge in [-0.05, 0) is 41.5 Å². The third-order valence-corrected chi connectivity index (χ3v) is 7.98. The summed E-state index contributed by atoms with van der Waals surface area (Å²) in [5, 5.41) is 2.94. The average Bonchev–Trinajstić information content (AvgIpc) is 3.72. The summed E-state index contributed by atoms with van der Waals surface area (Å²) in [6.07, 6.45) is 3.74. The quantitative estimate of drug-likeness (QED) is 0.522. The van der Waals surface area contributed by atoms with E-state index in [1.807, 2.05) is 41.4 Å². The Morgan fingerprint density at radius 2 is 1.49 bits per heavy atom. The summed E-state index contributed by atoms with van der Waals surface area (Å²) in [6, 6.07) is 16.5. The Labute approximate surface area is 222 Å². The van der Waals surface area contributed by atoms with E-state index in [1.165, 1.54) is 4.90 Å². The zero-order valence-electron chi connectivity index (χ0n) is 20.4. The van der Waals surface area contributed by atoms with E-state index >= 15 is 0 Å². The van der Waals surface area contributed by atoms with Crippen LogP contribution in [0.1, 0.15) is 17.2 Å². The summed E-state index contributed by atoms with van der Waals surface area (Å²) in [4.78, 5) is 45.0. The minimum atomic E-state index is -0.912. The Morgan fingerprint density at radius 1 is 0.795 bits per heavy atom. The molecule has 194 valence electrons. The van der Waals surface area contributed by atoms with Crippen molar-refractivity contribution in [1.29, 1.82) is 0 Å². The number of imide groups is 1. The number of carbonyl (C=O) groups excluding carboxylic acids is 3. The summed E-state index contributed by atoms with van der Waals surface area (Å²) in [5.41, 5.74) is 2.76. The lowest BCUT2D eigenvalue weighted by molar-refractivity contribution is -0.128. The van der Waals surface area contributed by atoms with Crippen LogP contribution in [0, 0.1) is 11.8 Å². The number of amides is 3. The SMILES string of the molecule is O=C(Nc1ccc2c(c1)OCO2)[C@@H]1[C@@H]2C(=O)N(c3ccc4c(c3)OCO4)C(=O)[C@H]2[C@H]2c3ccccc3C=CN12. The lowest BCUT2D eigenvalue weighted by Crippen LogP contribution is -2.46. The molecule has 0 radical (unpaired) electrons. The van der Waals surface area contributed by atoms with Gasteiger partial charge >= 0.3 is 0 Å². The number of ether oxygens (including phenoxy) is 4. The average molecular weight is 524 g/mol. The number of rotatable bonds is 3. The van der Waals surface area contributed by atoms with Gasteiger partial charge in [-0.25, -0.2) is 4.90 Å². The Hall–Kier alpha value is -4.99. The van der Waals surface area contributed by atoms with Crippen molar-refractivity contribution in [3.8, 4) is 23.0 Å². The van der Waals surface area contributed by atoms with Gasteiger partial charge in [-0.2, -0.15) is 0 Å². The van der Waals surface area contributed by atoms with Gasteiger partial charge in [-0.3, -0.25) is 14.4 Å². The van der Waals surface area contributed by atoms with Crippen molar-refractivity contribution in [3.05, 3.63) is 78.0 Å². The van der Waals surface area contributed by atoms with Crippen molar-refractivity contribution in [3.63, 3.8) is 0 Å². The summed E-state index contributed by atoms with van der Waals surface area (Å²) in [7, 11) is 0. The molecular formula is C29H21N3O7. The van der Waals surface area contributed by atoms with E-state index in [1.54, 1.807) is 36.4 Å². The van der Waals surface area contributed by atoms with Crippen LogP contribution in [0.5, 0.6) is 23.0 Å². The minimum Gasteiger partial charge on any atom is -0.454 e. The minimum absolute atomic E-state index is 0.0776. The van der Waals surface area contributed by atoms with Crippen molar-refractivity contribution >= 4 is 35.2 Å². The van der Waals surface area contributed by atoms with Crippen molar-refractivity contribution in [1.82, 2.24) is 4.90 Å². The van der Waals surface area contributed by atoms with Gasteiger partial charge in [-0.15, -0.1) is 0 Å². The van der Waals surface area contributed by atoms with E-state index in [2.05, 4.69) is 5.32 Å². The summed E-state index contributed by atoms with van der Waals surface area (Å²) < 4.78 is 21.7. The van der Waals surface area contributed by atoms with E-state index in [4.69, 9.17) is 18.9 Å². The van der Waals surface area contributed by atoms with Gasteiger partial charge in [0.15, 0.2) is 23.0 Å². The molecule has 5 aliphatic rings. The van der Waals surface area contributed by atoms with Crippen LogP contribution in [-0.2, 0) is 14.4 Å². The monoisotopic (exact) mass is 523 g/mol. The summed E-state index contributed by atoms with van der Waals surface area (Å²) in [5.74, 6) is -0.643. The maximum atomic E-state index is 14.0. The van der Waals surface area contributed by atoms with Crippen LogP contribution in [0.3, 0.4) is 0 Å². The second-order valence-electron chi connectivity index (χ2n) is 9.94. The predicted molar refractivity (Wildman–Crippen MR) is 137 cm³/mol. The van der Waals surface area contributed by atoms with E-state index in [0.29, 0.717) is 34.4 Å². The molecule has 0 spiro atoms. The van der Waals surface area contributed by atoms with Crippen LogP contribution in [0.2, 0.25) is 0 Å². The van der Waals surface area contributed by atoms with Crippen molar-refractivity contribution in [2.24, 2.45) is 11.8 Å². The highest BCUT2D eigenvalue weighted by Gasteiger charge is 2.64. The largest absolute Gasteiger partial charge is 0.454 e. The smallest absolute Gasteiger partial charge is 0.247 e. The molecule has 3 amide bonds. The second kappa shape index (κ2) is 8.00. The molecule has 2 saturated heterocycles. The number of nitrogens with zero attached hydrogens (tertiary/aromatic N) is 2. The third-order valence-electron chi connectivity index (χ3n) is 7.98. The van der Waals surface area contributed by atoms with E-state index in [-0.39, 0.29) is 25.4 Å².